The van der Waals surface area contributed by atoms with E-state index < -0.39 is 5.91 Å². The number of carbonyl (C=O) groups is 2. The van der Waals surface area contributed by atoms with Crippen molar-refractivity contribution in [2.24, 2.45) is 5.73 Å². The molecule has 0 saturated heterocycles. The van der Waals surface area contributed by atoms with Gasteiger partial charge >= 0.3 is 0 Å². The van der Waals surface area contributed by atoms with E-state index in [1.165, 1.54) is 11.8 Å². The van der Waals surface area contributed by atoms with Crippen molar-refractivity contribution in [3.63, 3.8) is 0 Å². The van der Waals surface area contributed by atoms with Crippen LogP contribution in [0.5, 0.6) is 0 Å². The monoisotopic (exact) mass is 389 g/mol. The fourth-order valence-corrected chi connectivity index (χ4v) is 3.33. The minimum Gasteiger partial charge on any atom is -0.366 e. The summed E-state index contributed by atoms with van der Waals surface area (Å²) in [4.78, 5) is 31.1. The van der Waals surface area contributed by atoms with Crippen LogP contribution in [0.25, 0.3) is 11.0 Å². The third kappa shape index (κ3) is 3.46. The van der Waals surface area contributed by atoms with Gasteiger partial charge in [0, 0.05) is 10.0 Å². The molecular formula is C16H12BrN3O2S. The topological polar surface area (TPSA) is 88.8 Å². The molecule has 3 N–H and O–H groups in total. The van der Waals surface area contributed by atoms with Crippen LogP contribution < -0.4 is 5.73 Å². The summed E-state index contributed by atoms with van der Waals surface area (Å²) >= 11 is 4.64. The Hall–Kier alpha value is -2.12. The van der Waals surface area contributed by atoms with Crippen LogP contribution in [0.4, 0.5) is 0 Å². The zero-order valence-corrected chi connectivity index (χ0v) is 14.3. The Balaban J connectivity index is 1.78. The standard InChI is InChI=1S/C16H12BrN3O2S/c17-10-4-1-3-9(7-10)13(21)8-23-16-19-12-6-2-5-11(15(18)22)14(12)20-16/h1-7H,8H2,(H2,18,22)(H,19,20). The first kappa shape index (κ1) is 15.8. The average molecular weight is 390 g/mol. The maximum atomic E-state index is 12.2. The van der Waals surface area contributed by atoms with Gasteiger partial charge in [0.25, 0.3) is 5.91 Å². The van der Waals surface area contributed by atoms with Crippen molar-refractivity contribution >= 4 is 50.4 Å². The summed E-state index contributed by atoms with van der Waals surface area (Å²) in [6.07, 6.45) is 0. The predicted molar refractivity (Wildman–Crippen MR) is 93.8 cm³/mol. The van der Waals surface area contributed by atoms with Gasteiger partial charge in [-0.25, -0.2) is 4.98 Å². The number of ketones is 1. The molecule has 1 aromatic heterocycles. The van der Waals surface area contributed by atoms with Crippen molar-refractivity contribution in [3.05, 3.63) is 58.1 Å². The second kappa shape index (κ2) is 6.55. The number of halogens is 1. The van der Waals surface area contributed by atoms with E-state index in [1.54, 1.807) is 24.3 Å². The van der Waals surface area contributed by atoms with Crippen LogP contribution in [0.1, 0.15) is 20.7 Å². The number of imidazole rings is 1. The van der Waals surface area contributed by atoms with Gasteiger partial charge in [-0.1, -0.05) is 45.9 Å². The molecule has 0 bridgehead atoms. The maximum absolute atomic E-state index is 12.2. The smallest absolute Gasteiger partial charge is 0.250 e. The third-order valence-electron chi connectivity index (χ3n) is 3.24. The predicted octanol–water partition coefficient (Wildman–Crippen LogP) is 3.40. The van der Waals surface area contributed by atoms with Crippen LogP contribution in [-0.4, -0.2) is 27.4 Å². The van der Waals surface area contributed by atoms with Crippen molar-refractivity contribution in [2.75, 3.05) is 5.75 Å². The lowest BCUT2D eigenvalue weighted by atomic mass is 10.2. The summed E-state index contributed by atoms with van der Waals surface area (Å²) in [5.41, 5.74) is 7.59. The highest BCUT2D eigenvalue weighted by Gasteiger charge is 2.13. The molecule has 1 amide bonds. The first-order valence-corrected chi connectivity index (χ1v) is 8.52. The van der Waals surface area contributed by atoms with Crippen LogP contribution >= 0.6 is 27.7 Å². The van der Waals surface area contributed by atoms with Crippen molar-refractivity contribution in [1.29, 1.82) is 0 Å². The lowest BCUT2D eigenvalue weighted by molar-refractivity contribution is 0.0998. The van der Waals surface area contributed by atoms with Gasteiger partial charge in [-0.2, -0.15) is 0 Å². The molecule has 0 aliphatic rings. The molecule has 0 spiro atoms. The van der Waals surface area contributed by atoms with Gasteiger partial charge in [0.05, 0.1) is 16.8 Å². The van der Waals surface area contributed by atoms with Gasteiger partial charge in [-0.05, 0) is 24.3 Å². The van der Waals surface area contributed by atoms with Crippen LogP contribution in [0, 0.1) is 0 Å². The first-order chi connectivity index (χ1) is 11.0. The Bertz CT molecular complexity index is 907. The fourth-order valence-electron chi connectivity index (χ4n) is 2.16. The van der Waals surface area contributed by atoms with E-state index in [2.05, 4.69) is 25.9 Å². The highest BCUT2D eigenvalue weighted by atomic mass is 79.9. The Kier molecular flexibility index (Phi) is 4.49. The zero-order chi connectivity index (χ0) is 16.4. The van der Waals surface area contributed by atoms with E-state index >= 15 is 0 Å². The maximum Gasteiger partial charge on any atom is 0.250 e. The summed E-state index contributed by atoms with van der Waals surface area (Å²) in [6.45, 7) is 0. The largest absolute Gasteiger partial charge is 0.366 e. The number of nitrogens with two attached hydrogens (primary N) is 1. The summed E-state index contributed by atoms with van der Waals surface area (Å²) in [5.74, 6) is -0.266. The molecule has 0 aliphatic carbocycles. The molecule has 23 heavy (non-hydrogen) atoms. The average Bonchev–Trinajstić information content (AvgIpc) is 2.95. The van der Waals surface area contributed by atoms with E-state index in [0.29, 0.717) is 21.8 Å². The molecule has 3 aromatic rings. The number of Topliss-reactive ketones (excluding diaryl/α,β-unsaturated/α-hetero) is 1. The molecular weight excluding hydrogens is 378 g/mol. The van der Waals surface area contributed by atoms with Crippen molar-refractivity contribution < 1.29 is 9.59 Å². The lowest BCUT2D eigenvalue weighted by Crippen LogP contribution is -2.11. The molecule has 3 rings (SSSR count). The number of nitrogens with one attached hydrogen (secondary N) is 1. The highest BCUT2D eigenvalue weighted by molar-refractivity contribution is 9.10. The van der Waals surface area contributed by atoms with Gasteiger partial charge in [0.15, 0.2) is 10.9 Å². The molecule has 116 valence electrons. The van der Waals surface area contributed by atoms with Crippen LogP contribution in [0.15, 0.2) is 52.1 Å². The molecule has 5 nitrogen and oxygen atoms in total. The van der Waals surface area contributed by atoms with Gasteiger partial charge in [-0.15, -0.1) is 0 Å². The van der Waals surface area contributed by atoms with Gasteiger partial charge in [0.1, 0.15) is 5.52 Å². The number of aromatic nitrogens is 2. The van der Waals surface area contributed by atoms with E-state index in [-0.39, 0.29) is 11.5 Å². The van der Waals surface area contributed by atoms with Crippen LogP contribution in [-0.2, 0) is 0 Å². The molecule has 0 aliphatic heterocycles. The number of hydrogen-bond donors (Lipinski definition) is 2. The third-order valence-corrected chi connectivity index (χ3v) is 4.61. The second-order valence-electron chi connectivity index (χ2n) is 4.83. The minimum atomic E-state index is -0.524. The Morgan fingerprint density at radius 1 is 1.22 bits per heavy atom. The fraction of sp³-hybridized carbons (Fsp3) is 0.0625. The zero-order valence-electron chi connectivity index (χ0n) is 11.9. The molecule has 7 heteroatoms. The molecule has 0 fully saturated rings. The number of para-hydroxylation sites is 1. The summed E-state index contributed by atoms with van der Waals surface area (Å²) in [7, 11) is 0. The lowest BCUT2D eigenvalue weighted by Gasteiger charge is -2.00. The number of amides is 1. The Morgan fingerprint density at radius 2 is 2.00 bits per heavy atom. The van der Waals surface area contributed by atoms with Gasteiger partial charge in [0.2, 0.25) is 0 Å². The van der Waals surface area contributed by atoms with Crippen molar-refractivity contribution in [3.8, 4) is 0 Å². The number of primary amides is 1. The quantitative estimate of drug-likeness (QED) is 0.516. The molecule has 0 saturated carbocycles. The Morgan fingerprint density at radius 3 is 2.74 bits per heavy atom. The minimum absolute atomic E-state index is 0.00637. The molecule has 0 radical (unpaired) electrons. The second-order valence-corrected chi connectivity index (χ2v) is 6.71. The van der Waals surface area contributed by atoms with E-state index in [0.717, 1.165) is 9.99 Å². The molecule has 1 heterocycles. The summed E-state index contributed by atoms with van der Waals surface area (Å²) < 4.78 is 0.864. The van der Waals surface area contributed by atoms with E-state index in [1.807, 2.05) is 18.2 Å². The van der Waals surface area contributed by atoms with E-state index in [9.17, 15) is 9.59 Å². The number of thioether (sulfide) groups is 1. The van der Waals surface area contributed by atoms with Crippen LogP contribution in [0.2, 0.25) is 0 Å². The number of hydrogen-bond acceptors (Lipinski definition) is 4. The normalized spacial score (nSPS) is 10.8. The van der Waals surface area contributed by atoms with Crippen molar-refractivity contribution in [2.45, 2.75) is 5.16 Å². The number of fused-ring (bicyclic) bond motifs is 1. The molecule has 0 atom stereocenters. The van der Waals surface area contributed by atoms with Crippen molar-refractivity contribution in [1.82, 2.24) is 9.97 Å². The number of rotatable bonds is 5. The highest BCUT2D eigenvalue weighted by Crippen LogP contribution is 2.23. The van der Waals surface area contributed by atoms with Gasteiger partial charge < -0.3 is 10.7 Å². The number of benzene rings is 2. The van der Waals surface area contributed by atoms with Crippen LogP contribution in [0.3, 0.4) is 0 Å². The van der Waals surface area contributed by atoms with Gasteiger partial charge in [-0.3, -0.25) is 9.59 Å². The molecule has 2 aromatic carbocycles. The number of nitrogens with zero attached hydrogens (tertiary/aromatic N) is 1. The summed E-state index contributed by atoms with van der Waals surface area (Å²) in [6, 6.07) is 12.4. The summed E-state index contributed by atoms with van der Waals surface area (Å²) in [5, 5.41) is 0.581. The number of carbonyl (C=O) groups excluding carboxylic acids is 2. The number of H-pyrrole nitrogens is 1. The number of aromatic amines is 1. The Labute approximate surface area is 144 Å². The SMILES string of the molecule is NC(=O)c1cccc2[nH]c(SCC(=O)c3cccc(Br)c3)nc12. The van der Waals surface area contributed by atoms with E-state index in [4.69, 9.17) is 5.73 Å². The first-order valence-electron chi connectivity index (χ1n) is 6.74. The molecule has 0 unspecified atom stereocenters.